The minimum atomic E-state index is -3.91. The summed E-state index contributed by atoms with van der Waals surface area (Å²) in [5, 5.41) is 3.33. The van der Waals surface area contributed by atoms with Gasteiger partial charge in [0.25, 0.3) is 10.1 Å². The van der Waals surface area contributed by atoms with Gasteiger partial charge in [-0.05, 0) is 12.0 Å². The van der Waals surface area contributed by atoms with Crippen molar-refractivity contribution in [1.82, 2.24) is 0 Å². The zero-order chi connectivity index (χ0) is 18.6. The molecule has 0 rings (SSSR count). The lowest BCUT2D eigenvalue weighted by atomic mass is 10.5. The van der Waals surface area contributed by atoms with Gasteiger partial charge in [-0.15, -0.1) is 0 Å². The Bertz CT molecular complexity index is 443. The van der Waals surface area contributed by atoms with E-state index in [0.29, 0.717) is 66.0 Å². The third kappa shape index (κ3) is 23.0. The van der Waals surface area contributed by atoms with E-state index in [2.05, 4.69) is 10.0 Å². The molecule has 11 nitrogen and oxygen atoms in total. The Balaban J connectivity index is 3.06. The van der Waals surface area contributed by atoms with Gasteiger partial charge < -0.3 is 23.7 Å². The van der Waals surface area contributed by atoms with E-state index in [-0.39, 0.29) is 18.8 Å². The van der Waals surface area contributed by atoms with Crippen LogP contribution in [0, 0.1) is 0 Å². The maximum atomic E-state index is 10.4. The summed E-state index contributed by atoms with van der Waals surface area (Å²) in [6.07, 6.45) is 0.251. The van der Waals surface area contributed by atoms with Crippen LogP contribution in [-0.4, -0.2) is 91.3 Å². The van der Waals surface area contributed by atoms with E-state index in [1.807, 2.05) is 0 Å². The second-order valence-electron chi connectivity index (χ2n) is 4.66. The largest absolute Gasteiger partial charge is 0.379 e. The maximum absolute atomic E-state index is 10.4. The fourth-order valence-electron chi connectivity index (χ4n) is 1.48. The third-order valence-electron chi connectivity index (χ3n) is 2.58. The highest BCUT2D eigenvalue weighted by Gasteiger charge is 2.02. The molecule has 0 bridgehead atoms. The number of nitrogens with zero attached hydrogens (tertiary/aromatic N) is 3. The van der Waals surface area contributed by atoms with Crippen LogP contribution >= 0.6 is 0 Å². The van der Waals surface area contributed by atoms with Gasteiger partial charge in [-0.3, -0.25) is 4.55 Å². The molecule has 0 unspecified atom stereocenters. The van der Waals surface area contributed by atoms with Crippen molar-refractivity contribution in [2.24, 2.45) is 5.11 Å². The smallest absolute Gasteiger partial charge is 0.264 e. The van der Waals surface area contributed by atoms with Crippen molar-refractivity contribution >= 4 is 10.1 Å². The van der Waals surface area contributed by atoms with Crippen molar-refractivity contribution in [2.45, 2.75) is 6.42 Å². The zero-order valence-electron chi connectivity index (χ0n) is 14.2. The first-order valence-electron chi connectivity index (χ1n) is 7.91. The predicted octanol–water partition coefficient (Wildman–Crippen LogP) is 0.658. The maximum Gasteiger partial charge on any atom is 0.264 e. The second-order valence-corrected chi connectivity index (χ2v) is 6.23. The van der Waals surface area contributed by atoms with Gasteiger partial charge in [0.15, 0.2) is 0 Å². The highest BCUT2D eigenvalue weighted by atomic mass is 32.2. The second kappa shape index (κ2) is 17.8. The number of hydrogen-bond acceptors (Lipinski definition) is 8. The Kier molecular flexibility index (Phi) is 17.1. The molecule has 0 aromatic rings. The van der Waals surface area contributed by atoms with Gasteiger partial charge in [0.05, 0.1) is 65.2 Å². The molecule has 0 amide bonds. The van der Waals surface area contributed by atoms with Crippen LogP contribution < -0.4 is 0 Å². The average Bonchev–Trinajstić information content (AvgIpc) is 2.56. The van der Waals surface area contributed by atoms with Crippen LogP contribution in [-0.2, 0) is 33.8 Å². The third-order valence-corrected chi connectivity index (χ3v) is 3.38. The molecule has 0 aliphatic carbocycles. The Morgan fingerprint density at radius 2 is 1.16 bits per heavy atom. The molecule has 0 saturated heterocycles. The molecule has 0 heterocycles. The van der Waals surface area contributed by atoms with Crippen LogP contribution in [0.5, 0.6) is 0 Å². The summed E-state index contributed by atoms with van der Waals surface area (Å²) in [6, 6.07) is 0. The minimum absolute atomic E-state index is 0.251. The van der Waals surface area contributed by atoms with Crippen LogP contribution in [0.1, 0.15) is 6.42 Å². The SMILES string of the molecule is [N-]=[N+]=NCCOCCOCCOCCOCCOCCCS(=O)(=O)O. The number of azide groups is 1. The molecule has 0 saturated carbocycles. The van der Waals surface area contributed by atoms with Crippen molar-refractivity contribution in [2.75, 3.05) is 78.4 Å². The molecule has 0 radical (unpaired) electrons. The van der Waals surface area contributed by atoms with E-state index in [1.165, 1.54) is 0 Å². The molecule has 25 heavy (non-hydrogen) atoms. The summed E-state index contributed by atoms with van der Waals surface area (Å²) in [6.45, 7) is 4.36. The van der Waals surface area contributed by atoms with Crippen molar-refractivity contribution in [3.63, 3.8) is 0 Å². The van der Waals surface area contributed by atoms with Crippen LogP contribution in [0.25, 0.3) is 10.4 Å². The van der Waals surface area contributed by atoms with Gasteiger partial charge >= 0.3 is 0 Å². The van der Waals surface area contributed by atoms with Crippen LogP contribution in [0.4, 0.5) is 0 Å². The van der Waals surface area contributed by atoms with Crippen LogP contribution in [0.15, 0.2) is 5.11 Å². The summed E-state index contributed by atoms with van der Waals surface area (Å²) < 4.78 is 55.5. The van der Waals surface area contributed by atoms with E-state index >= 15 is 0 Å². The first-order chi connectivity index (χ1) is 12.1. The van der Waals surface area contributed by atoms with Crippen molar-refractivity contribution in [3.8, 4) is 0 Å². The lowest BCUT2D eigenvalue weighted by Crippen LogP contribution is -2.14. The predicted molar refractivity (Wildman–Crippen MR) is 89.1 cm³/mol. The number of ether oxygens (including phenoxy) is 5. The fraction of sp³-hybridized carbons (Fsp3) is 1.00. The van der Waals surface area contributed by atoms with E-state index in [9.17, 15) is 8.42 Å². The lowest BCUT2D eigenvalue weighted by Gasteiger charge is -2.07. The number of hydrogen-bond donors (Lipinski definition) is 1. The molecule has 0 spiro atoms. The molecule has 148 valence electrons. The lowest BCUT2D eigenvalue weighted by molar-refractivity contribution is -0.0104. The van der Waals surface area contributed by atoms with Crippen LogP contribution in [0.2, 0.25) is 0 Å². The normalized spacial score (nSPS) is 11.4. The molecule has 0 aromatic heterocycles. The Morgan fingerprint density at radius 1 is 0.760 bits per heavy atom. The first kappa shape index (κ1) is 24.0. The Labute approximate surface area is 147 Å². The van der Waals surface area contributed by atoms with E-state index in [4.69, 9.17) is 33.8 Å². The van der Waals surface area contributed by atoms with Gasteiger partial charge in [0.2, 0.25) is 0 Å². The van der Waals surface area contributed by atoms with Gasteiger partial charge in [-0.2, -0.15) is 8.42 Å². The van der Waals surface area contributed by atoms with E-state index < -0.39 is 10.1 Å². The van der Waals surface area contributed by atoms with E-state index in [0.717, 1.165) is 0 Å². The molecule has 0 atom stereocenters. The molecule has 0 aromatic carbocycles. The molecule has 0 aliphatic heterocycles. The zero-order valence-corrected chi connectivity index (χ0v) is 15.1. The highest BCUT2D eigenvalue weighted by molar-refractivity contribution is 7.85. The van der Waals surface area contributed by atoms with Gasteiger partial charge in [-0.25, -0.2) is 0 Å². The van der Waals surface area contributed by atoms with Crippen molar-refractivity contribution in [3.05, 3.63) is 10.4 Å². The monoisotopic (exact) mass is 385 g/mol. The standard InChI is InChI=1S/C13H27N3O8S/c14-16-15-2-4-21-6-8-23-10-12-24-11-9-22-7-5-20-3-1-13-25(17,18)19/h1-13H2,(H,17,18,19). The molecule has 12 heteroatoms. The Morgan fingerprint density at radius 3 is 1.56 bits per heavy atom. The number of rotatable bonds is 19. The van der Waals surface area contributed by atoms with Crippen LogP contribution in [0.3, 0.4) is 0 Å². The quantitative estimate of drug-likeness (QED) is 0.112. The molecule has 0 aliphatic rings. The van der Waals surface area contributed by atoms with E-state index in [1.54, 1.807) is 0 Å². The summed E-state index contributed by atoms with van der Waals surface area (Å²) >= 11 is 0. The fourth-order valence-corrected chi connectivity index (χ4v) is 1.96. The molecular formula is C13H27N3O8S. The summed E-state index contributed by atoms with van der Waals surface area (Å²) in [5.74, 6) is -0.300. The average molecular weight is 385 g/mol. The van der Waals surface area contributed by atoms with Gasteiger partial charge in [0, 0.05) is 18.1 Å². The van der Waals surface area contributed by atoms with Gasteiger partial charge in [-0.1, -0.05) is 5.11 Å². The van der Waals surface area contributed by atoms with Gasteiger partial charge in [0.1, 0.15) is 0 Å². The molecular weight excluding hydrogens is 358 g/mol. The topological polar surface area (TPSA) is 149 Å². The molecule has 0 fully saturated rings. The summed E-state index contributed by atoms with van der Waals surface area (Å²) in [7, 11) is -3.91. The minimum Gasteiger partial charge on any atom is -0.379 e. The molecule has 1 N–H and O–H groups in total. The Hall–Kier alpha value is -0.980. The summed E-state index contributed by atoms with van der Waals surface area (Å²) in [4.78, 5) is 2.61. The summed E-state index contributed by atoms with van der Waals surface area (Å²) in [5.41, 5.74) is 8.05. The highest BCUT2D eigenvalue weighted by Crippen LogP contribution is 1.90. The van der Waals surface area contributed by atoms with Crippen molar-refractivity contribution in [1.29, 1.82) is 0 Å². The first-order valence-corrected chi connectivity index (χ1v) is 9.52. The van der Waals surface area contributed by atoms with Crippen molar-refractivity contribution < 1.29 is 36.7 Å².